The lowest BCUT2D eigenvalue weighted by Crippen LogP contribution is -2.34. The third-order valence-electron chi connectivity index (χ3n) is 2.70. The van der Waals surface area contributed by atoms with Crippen molar-refractivity contribution in [1.29, 1.82) is 0 Å². The lowest BCUT2D eigenvalue weighted by molar-refractivity contribution is -0.147. The van der Waals surface area contributed by atoms with Crippen LogP contribution in [0.25, 0.3) is 0 Å². The second-order valence-corrected chi connectivity index (χ2v) is 6.12. The molecule has 0 unspecified atom stereocenters. The minimum Gasteiger partial charge on any atom is -0.378 e. The van der Waals surface area contributed by atoms with Gasteiger partial charge in [0.25, 0.3) is 0 Å². The summed E-state index contributed by atoms with van der Waals surface area (Å²) in [5, 5.41) is 0. The maximum Gasteiger partial charge on any atom is 0.360 e. The number of anilines is 2. The van der Waals surface area contributed by atoms with Gasteiger partial charge in [0, 0.05) is 19.8 Å². The van der Waals surface area contributed by atoms with Gasteiger partial charge in [0.1, 0.15) is 6.61 Å². The van der Waals surface area contributed by atoms with Crippen LogP contribution in [-0.2, 0) is 14.5 Å². The summed E-state index contributed by atoms with van der Waals surface area (Å²) >= 11 is 0. The molecule has 0 spiro atoms. The maximum absolute atomic E-state index is 12.7. The Balaban J connectivity index is 2.87. The predicted octanol–water partition coefficient (Wildman–Crippen LogP) is 2.63. The standard InChI is InChI=1S/C12H16F4N2O3S/c1-8-4-5-9(18(2)3)6-10(8)17-22(19,20)21-7-12(15,16)11(13)14/h4-6,11,17H,7H2,1-3H3. The van der Waals surface area contributed by atoms with Crippen molar-refractivity contribution in [2.45, 2.75) is 19.3 Å². The summed E-state index contributed by atoms with van der Waals surface area (Å²) in [5.74, 6) is -4.55. The van der Waals surface area contributed by atoms with Gasteiger partial charge in [-0.1, -0.05) is 6.07 Å². The van der Waals surface area contributed by atoms with Gasteiger partial charge >= 0.3 is 22.7 Å². The van der Waals surface area contributed by atoms with Crippen LogP contribution < -0.4 is 9.62 Å². The van der Waals surface area contributed by atoms with Crippen LogP contribution in [0.15, 0.2) is 18.2 Å². The first-order valence-electron chi connectivity index (χ1n) is 6.06. The average Bonchev–Trinajstić information content (AvgIpc) is 2.38. The molecule has 0 saturated heterocycles. The van der Waals surface area contributed by atoms with E-state index in [0.717, 1.165) is 0 Å². The van der Waals surface area contributed by atoms with E-state index in [1.54, 1.807) is 38.1 Å². The van der Waals surface area contributed by atoms with E-state index >= 15 is 0 Å². The van der Waals surface area contributed by atoms with Gasteiger partial charge in [0.2, 0.25) is 0 Å². The van der Waals surface area contributed by atoms with E-state index in [9.17, 15) is 26.0 Å². The zero-order valence-corrected chi connectivity index (χ0v) is 12.9. The monoisotopic (exact) mass is 344 g/mol. The zero-order chi connectivity index (χ0) is 17.1. The van der Waals surface area contributed by atoms with Gasteiger partial charge in [-0.3, -0.25) is 4.72 Å². The van der Waals surface area contributed by atoms with E-state index in [4.69, 9.17) is 0 Å². The van der Waals surface area contributed by atoms with Gasteiger partial charge in [0.05, 0.1) is 5.69 Å². The molecule has 0 radical (unpaired) electrons. The predicted molar refractivity (Wildman–Crippen MR) is 75.0 cm³/mol. The second kappa shape index (κ2) is 6.69. The van der Waals surface area contributed by atoms with Crippen LogP contribution in [0.2, 0.25) is 0 Å². The van der Waals surface area contributed by atoms with Crippen LogP contribution in [0.5, 0.6) is 0 Å². The van der Waals surface area contributed by atoms with Crippen LogP contribution in [0.4, 0.5) is 28.9 Å². The molecule has 1 aromatic rings. The van der Waals surface area contributed by atoms with Crippen molar-refractivity contribution in [3.63, 3.8) is 0 Å². The highest BCUT2D eigenvalue weighted by molar-refractivity contribution is 7.88. The highest BCUT2D eigenvalue weighted by Crippen LogP contribution is 2.26. The number of hydrogen-bond donors (Lipinski definition) is 1. The summed E-state index contributed by atoms with van der Waals surface area (Å²) in [6.07, 6.45) is -4.01. The van der Waals surface area contributed by atoms with E-state index < -0.39 is 29.3 Å². The van der Waals surface area contributed by atoms with Gasteiger partial charge in [-0.25, -0.2) is 13.0 Å². The summed E-state index contributed by atoms with van der Waals surface area (Å²) in [6.45, 7) is -0.350. The van der Waals surface area contributed by atoms with Crippen molar-refractivity contribution < 1.29 is 30.2 Å². The van der Waals surface area contributed by atoms with Gasteiger partial charge in [-0.15, -0.1) is 0 Å². The molecule has 0 saturated carbocycles. The Morgan fingerprint density at radius 3 is 2.41 bits per heavy atom. The lowest BCUT2D eigenvalue weighted by Gasteiger charge is -2.18. The smallest absolute Gasteiger partial charge is 0.360 e. The molecule has 126 valence electrons. The van der Waals surface area contributed by atoms with Gasteiger partial charge < -0.3 is 4.90 Å². The van der Waals surface area contributed by atoms with Crippen LogP contribution in [0, 0.1) is 6.92 Å². The summed E-state index contributed by atoms with van der Waals surface area (Å²) in [5.41, 5.74) is 1.27. The SMILES string of the molecule is Cc1ccc(N(C)C)cc1NS(=O)(=O)OCC(F)(F)C(F)F. The second-order valence-electron chi connectivity index (χ2n) is 4.77. The molecule has 10 heteroatoms. The molecule has 0 aliphatic rings. The first-order chi connectivity index (χ1) is 9.94. The summed E-state index contributed by atoms with van der Waals surface area (Å²) in [4.78, 5) is 1.70. The van der Waals surface area contributed by atoms with E-state index in [2.05, 4.69) is 4.18 Å². The number of rotatable bonds is 7. The highest BCUT2D eigenvalue weighted by atomic mass is 32.2. The van der Waals surface area contributed by atoms with Gasteiger partial charge in [-0.05, 0) is 24.6 Å². The molecular weight excluding hydrogens is 328 g/mol. The fourth-order valence-electron chi connectivity index (χ4n) is 1.38. The number of benzene rings is 1. The fraction of sp³-hybridized carbons (Fsp3) is 0.500. The van der Waals surface area contributed by atoms with Crippen molar-refractivity contribution in [1.82, 2.24) is 0 Å². The highest BCUT2D eigenvalue weighted by Gasteiger charge is 2.42. The van der Waals surface area contributed by atoms with Crippen molar-refractivity contribution >= 4 is 21.7 Å². The molecule has 0 aliphatic heterocycles. The molecule has 5 nitrogen and oxygen atoms in total. The quantitative estimate of drug-likeness (QED) is 0.773. The minimum atomic E-state index is -4.65. The summed E-state index contributed by atoms with van der Waals surface area (Å²) in [7, 11) is -1.20. The number of alkyl halides is 4. The fourth-order valence-corrected chi connectivity index (χ4v) is 2.24. The summed E-state index contributed by atoms with van der Waals surface area (Å²) in [6, 6.07) is 4.79. The van der Waals surface area contributed by atoms with Crippen molar-refractivity contribution in [2.75, 3.05) is 30.3 Å². The Kier molecular flexibility index (Phi) is 5.63. The molecule has 0 amide bonds. The normalized spacial score (nSPS) is 12.5. The third-order valence-corrected chi connectivity index (χ3v) is 3.60. The van der Waals surface area contributed by atoms with Crippen LogP contribution in [0.3, 0.4) is 0 Å². The van der Waals surface area contributed by atoms with Gasteiger partial charge in [-0.2, -0.15) is 17.2 Å². The van der Waals surface area contributed by atoms with Crippen LogP contribution in [-0.4, -0.2) is 41.5 Å². The first kappa shape index (κ1) is 18.5. The van der Waals surface area contributed by atoms with Crippen molar-refractivity contribution in [3.05, 3.63) is 23.8 Å². The number of halogens is 4. The van der Waals surface area contributed by atoms with Crippen LogP contribution >= 0.6 is 0 Å². The first-order valence-corrected chi connectivity index (χ1v) is 7.46. The molecule has 1 rings (SSSR count). The number of nitrogens with zero attached hydrogens (tertiary/aromatic N) is 1. The Morgan fingerprint density at radius 1 is 1.32 bits per heavy atom. The zero-order valence-electron chi connectivity index (χ0n) is 12.1. The topological polar surface area (TPSA) is 58.6 Å². The molecule has 0 bridgehead atoms. The van der Waals surface area contributed by atoms with Gasteiger partial charge in [0.15, 0.2) is 0 Å². The molecular formula is C12H16F4N2O3S. The molecule has 0 heterocycles. The average molecular weight is 344 g/mol. The molecule has 0 atom stereocenters. The van der Waals surface area contributed by atoms with Crippen molar-refractivity contribution in [3.8, 4) is 0 Å². The van der Waals surface area contributed by atoms with Crippen LogP contribution in [0.1, 0.15) is 5.56 Å². The Bertz CT molecular complexity index is 621. The molecule has 0 fully saturated rings. The molecule has 0 aromatic heterocycles. The Morgan fingerprint density at radius 2 is 1.91 bits per heavy atom. The number of nitrogens with one attached hydrogen (secondary N) is 1. The third kappa shape index (κ3) is 5.02. The van der Waals surface area contributed by atoms with E-state index in [-0.39, 0.29) is 5.69 Å². The summed E-state index contributed by atoms with van der Waals surface area (Å²) < 4.78 is 78.3. The van der Waals surface area contributed by atoms with E-state index in [1.165, 1.54) is 6.07 Å². The molecule has 1 aromatic carbocycles. The number of hydrogen-bond acceptors (Lipinski definition) is 4. The Labute approximate surface area is 126 Å². The van der Waals surface area contributed by atoms with E-state index in [0.29, 0.717) is 11.3 Å². The largest absolute Gasteiger partial charge is 0.378 e. The molecule has 22 heavy (non-hydrogen) atoms. The van der Waals surface area contributed by atoms with E-state index in [1.807, 2.05) is 4.72 Å². The van der Waals surface area contributed by atoms with Crippen molar-refractivity contribution in [2.24, 2.45) is 0 Å². The minimum absolute atomic E-state index is 0.103. The maximum atomic E-state index is 12.7. The Hall–Kier alpha value is -1.55. The molecule has 1 N–H and O–H groups in total. The lowest BCUT2D eigenvalue weighted by atomic mass is 10.2. The number of aryl methyl sites for hydroxylation is 1. The molecule has 0 aliphatic carbocycles.